The van der Waals surface area contributed by atoms with E-state index >= 15 is 0 Å². The van der Waals surface area contributed by atoms with Gasteiger partial charge in [-0.2, -0.15) is 13.2 Å². The van der Waals surface area contributed by atoms with Crippen molar-refractivity contribution in [3.63, 3.8) is 0 Å². The summed E-state index contributed by atoms with van der Waals surface area (Å²) in [4.78, 5) is 6.21. The van der Waals surface area contributed by atoms with Gasteiger partial charge < -0.3 is 4.98 Å². The molecule has 1 heterocycles. The summed E-state index contributed by atoms with van der Waals surface area (Å²) >= 11 is 0. The molecular weight excluding hydrogens is 265 g/mol. The molecule has 0 saturated carbocycles. The molecule has 2 nitrogen and oxygen atoms in total. The van der Waals surface area contributed by atoms with Gasteiger partial charge in [0.25, 0.3) is 0 Å². The van der Waals surface area contributed by atoms with Crippen molar-refractivity contribution in [1.82, 2.24) is 9.97 Å². The van der Waals surface area contributed by atoms with Crippen LogP contribution in [0.4, 0.5) is 13.2 Å². The van der Waals surface area contributed by atoms with Crippen LogP contribution < -0.4 is 0 Å². The van der Waals surface area contributed by atoms with Gasteiger partial charge in [0.05, 0.1) is 6.20 Å². The molecule has 0 amide bonds. The van der Waals surface area contributed by atoms with E-state index in [0.29, 0.717) is 24.1 Å². The Morgan fingerprint density at radius 2 is 1.80 bits per heavy atom. The minimum absolute atomic E-state index is 0.231. The third-order valence-electron chi connectivity index (χ3n) is 3.50. The number of nitrogens with one attached hydrogen (secondary N) is 1. The fourth-order valence-corrected chi connectivity index (χ4v) is 2.41. The third kappa shape index (κ3) is 5.55. The van der Waals surface area contributed by atoms with Crippen LogP contribution in [0.15, 0.2) is 6.20 Å². The van der Waals surface area contributed by atoms with Crippen LogP contribution in [0.2, 0.25) is 0 Å². The Morgan fingerprint density at radius 3 is 2.20 bits per heavy atom. The van der Waals surface area contributed by atoms with E-state index in [1.807, 2.05) is 0 Å². The molecule has 116 valence electrons. The summed E-state index contributed by atoms with van der Waals surface area (Å²) in [6.45, 7) is 10.9. The molecule has 20 heavy (non-hydrogen) atoms. The molecule has 0 radical (unpaired) electrons. The summed E-state index contributed by atoms with van der Waals surface area (Å²) < 4.78 is 37.4. The maximum absolute atomic E-state index is 12.5. The molecule has 1 aromatic heterocycles. The molecule has 0 aliphatic carbocycles. The monoisotopic (exact) mass is 290 g/mol. The second-order valence-corrected chi connectivity index (χ2v) is 7.05. The number of aromatic nitrogens is 2. The maximum Gasteiger partial charge on any atom is 0.432 e. The highest BCUT2D eigenvalue weighted by Gasteiger charge is 2.33. The molecule has 5 heteroatoms. The lowest BCUT2D eigenvalue weighted by atomic mass is 9.77. The molecule has 1 rings (SSSR count). The molecule has 1 unspecified atom stereocenters. The van der Waals surface area contributed by atoms with Crippen LogP contribution in [0.25, 0.3) is 0 Å². The number of halogens is 3. The minimum atomic E-state index is -4.34. The molecule has 0 bridgehead atoms. The van der Waals surface area contributed by atoms with E-state index in [1.165, 1.54) is 0 Å². The first kappa shape index (κ1) is 17.1. The van der Waals surface area contributed by atoms with Crippen LogP contribution in [-0.4, -0.2) is 9.97 Å². The number of hydrogen-bond donors (Lipinski definition) is 1. The fourth-order valence-electron chi connectivity index (χ4n) is 2.41. The van der Waals surface area contributed by atoms with E-state index in [0.717, 1.165) is 19.0 Å². The van der Waals surface area contributed by atoms with Gasteiger partial charge in [0, 0.05) is 6.42 Å². The molecule has 0 fully saturated rings. The lowest BCUT2D eigenvalue weighted by Crippen LogP contribution is -2.18. The Kier molecular flexibility index (Phi) is 5.27. The topological polar surface area (TPSA) is 28.7 Å². The molecule has 0 spiro atoms. The summed E-state index contributed by atoms with van der Waals surface area (Å²) in [6, 6.07) is 0. The van der Waals surface area contributed by atoms with Crippen LogP contribution in [0.1, 0.15) is 59.0 Å². The zero-order chi connectivity index (χ0) is 15.6. The lowest BCUT2D eigenvalue weighted by Gasteiger charge is -2.28. The minimum Gasteiger partial charge on any atom is -0.338 e. The highest BCUT2D eigenvalue weighted by Crippen LogP contribution is 2.32. The summed E-state index contributed by atoms with van der Waals surface area (Å²) in [7, 11) is 0. The van der Waals surface area contributed by atoms with Crippen molar-refractivity contribution in [2.75, 3.05) is 0 Å². The summed E-state index contributed by atoms with van der Waals surface area (Å²) in [5.74, 6) is 1.44. The first-order chi connectivity index (χ1) is 8.99. The standard InChI is InChI=1S/C15H25F3N2/c1-10(2)11(8-14(3,4)5)6-7-13-19-9-12(20-13)15(16,17)18/h9-11H,6-8H2,1-5H3,(H,19,20). The summed E-state index contributed by atoms with van der Waals surface area (Å²) in [6.07, 6.45) is -0.968. The number of imidazole rings is 1. The average molecular weight is 290 g/mol. The van der Waals surface area contributed by atoms with E-state index in [-0.39, 0.29) is 5.41 Å². The highest BCUT2D eigenvalue weighted by atomic mass is 19.4. The van der Waals surface area contributed by atoms with Crippen molar-refractivity contribution >= 4 is 0 Å². The molecule has 1 N–H and O–H groups in total. The first-order valence-corrected chi connectivity index (χ1v) is 7.10. The number of alkyl halides is 3. The van der Waals surface area contributed by atoms with E-state index in [2.05, 4.69) is 44.6 Å². The summed E-state index contributed by atoms with van der Waals surface area (Å²) in [5.41, 5.74) is -0.528. The maximum atomic E-state index is 12.5. The Labute approximate surface area is 119 Å². The zero-order valence-electron chi connectivity index (χ0n) is 12.9. The quantitative estimate of drug-likeness (QED) is 0.805. The molecule has 0 aliphatic heterocycles. The second kappa shape index (κ2) is 6.19. The Balaban J connectivity index is 2.62. The van der Waals surface area contributed by atoms with Gasteiger partial charge in [0.15, 0.2) is 0 Å². The number of hydrogen-bond acceptors (Lipinski definition) is 1. The van der Waals surface area contributed by atoms with Crippen molar-refractivity contribution in [2.45, 2.75) is 60.1 Å². The van der Waals surface area contributed by atoms with E-state index in [1.54, 1.807) is 0 Å². The molecule has 1 aromatic rings. The fraction of sp³-hybridized carbons (Fsp3) is 0.800. The van der Waals surface area contributed by atoms with Gasteiger partial charge in [-0.25, -0.2) is 4.98 Å². The Bertz CT molecular complexity index is 413. The predicted octanol–water partition coefficient (Wildman–Crippen LogP) is 5.07. The van der Waals surface area contributed by atoms with Gasteiger partial charge in [0.1, 0.15) is 11.5 Å². The molecule has 0 aromatic carbocycles. The molecular formula is C15H25F3N2. The van der Waals surface area contributed by atoms with Gasteiger partial charge >= 0.3 is 6.18 Å². The van der Waals surface area contributed by atoms with Crippen LogP contribution in [0, 0.1) is 17.3 Å². The lowest BCUT2D eigenvalue weighted by molar-refractivity contribution is -0.140. The van der Waals surface area contributed by atoms with Gasteiger partial charge in [-0.1, -0.05) is 34.6 Å². The number of H-pyrrole nitrogens is 1. The molecule has 0 saturated heterocycles. The van der Waals surface area contributed by atoms with Crippen molar-refractivity contribution < 1.29 is 13.2 Å². The number of rotatable bonds is 5. The van der Waals surface area contributed by atoms with Gasteiger partial charge in [0.2, 0.25) is 0 Å². The SMILES string of the molecule is CC(C)C(CCc1ncc(C(F)(F)F)[nH]1)CC(C)(C)C. The average Bonchev–Trinajstić information content (AvgIpc) is 2.70. The van der Waals surface area contributed by atoms with E-state index in [9.17, 15) is 13.2 Å². The largest absolute Gasteiger partial charge is 0.432 e. The zero-order valence-corrected chi connectivity index (χ0v) is 12.9. The Hall–Kier alpha value is -1.00. The highest BCUT2D eigenvalue weighted by molar-refractivity contribution is 5.05. The van der Waals surface area contributed by atoms with Crippen LogP contribution in [-0.2, 0) is 12.6 Å². The van der Waals surface area contributed by atoms with E-state index in [4.69, 9.17) is 0 Å². The van der Waals surface area contributed by atoms with Crippen molar-refractivity contribution in [2.24, 2.45) is 17.3 Å². The van der Waals surface area contributed by atoms with Crippen molar-refractivity contribution in [3.8, 4) is 0 Å². The third-order valence-corrected chi connectivity index (χ3v) is 3.50. The van der Waals surface area contributed by atoms with Crippen LogP contribution in [0.5, 0.6) is 0 Å². The number of nitrogens with zero attached hydrogens (tertiary/aromatic N) is 1. The first-order valence-electron chi connectivity index (χ1n) is 7.10. The van der Waals surface area contributed by atoms with Crippen molar-refractivity contribution in [1.29, 1.82) is 0 Å². The van der Waals surface area contributed by atoms with E-state index < -0.39 is 11.9 Å². The number of aryl methyl sites for hydroxylation is 1. The normalized spacial score (nSPS) is 14.8. The molecule has 1 atom stereocenters. The van der Waals surface area contributed by atoms with Gasteiger partial charge in [-0.15, -0.1) is 0 Å². The Morgan fingerprint density at radius 1 is 1.20 bits per heavy atom. The number of aromatic amines is 1. The van der Waals surface area contributed by atoms with Crippen LogP contribution in [0.3, 0.4) is 0 Å². The second-order valence-electron chi connectivity index (χ2n) is 7.05. The summed E-state index contributed by atoms with van der Waals surface area (Å²) in [5, 5.41) is 0. The van der Waals surface area contributed by atoms with Crippen molar-refractivity contribution in [3.05, 3.63) is 17.7 Å². The predicted molar refractivity (Wildman–Crippen MR) is 74.3 cm³/mol. The van der Waals surface area contributed by atoms with Crippen LogP contribution >= 0.6 is 0 Å². The smallest absolute Gasteiger partial charge is 0.338 e. The van der Waals surface area contributed by atoms with Gasteiger partial charge in [-0.05, 0) is 30.1 Å². The molecule has 0 aliphatic rings. The van der Waals surface area contributed by atoms with Gasteiger partial charge in [-0.3, -0.25) is 0 Å².